The first-order valence-corrected chi connectivity index (χ1v) is 5.90. The van der Waals surface area contributed by atoms with Crippen LogP contribution in [-0.2, 0) is 6.54 Å². The number of hydrogen-bond donors (Lipinski definition) is 1. The van der Waals surface area contributed by atoms with Crippen LogP contribution in [0.25, 0.3) is 11.0 Å². The summed E-state index contributed by atoms with van der Waals surface area (Å²) in [7, 11) is 1.49. The van der Waals surface area contributed by atoms with Crippen LogP contribution in [0.3, 0.4) is 0 Å². The molecule has 0 aliphatic rings. The van der Waals surface area contributed by atoms with Gasteiger partial charge in [0.1, 0.15) is 11.2 Å². The molecule has 0 saturated carbocycles. The molecule has 0 fully saturated rings. The Hall–Kier alpha value is -2.37. The summed E-state index contributed by atoms with van der Waals surface area (Å²) < 4.78 is 6.70. The second-order valence-electron chi connectivity index (χ2n) is 4.10. The van der Waals surface area contributed by atoms with Gasteiger partial charge in [0.15, 0.2) is 0 Å². The minimum absolute atomic E-state index is 0.243. The van der Waals surface area contributed by atoms with Crippen molar-refractivity contribution in [2.45, 2.75) is 19.9 Å². The number of methoxy groups -OCH3 is 1. The van der Waals surface area contributed by atoms with Crippen molar-refractivity contribution in [1.82, 2.24) is 9.55 Å². The van der Waals surface area contributed by atoms with Crippen LogP contribution in [0.1, 0.15) is 23.7 Å². The van der Waals surface area contributed by atoms with Gasteiger partial charge in [-0.15, -0.1) is 0 Å². The van der Waals surface area contributed by atoms with E-state index >= 15 is 0 Å². The summed E-state index contributed by atoms with van der Waals surface area (Å²) in [5.41, 5.74) is -0.325. The molecule has 0 aromatic carbocycles. The molecule has 0 aliphatic carbocycles. The molecule has 0 aliphatic heterocycles. The highest BCUT2D eigenvalue weighted by molar-refractivity contribution is 5.91. The summed E-state index contributed by atoms with van der Waals surface area (Å²) in [5.74, 6) is -0.840. The van der Waals surface area contributed by atoms with Crippen molar-refractivity contribution in [2.75, 3.05) is 7.11 Å². The first kappa shape index (κ1) is 13.1. The smallest absolute Gasteiger partial charge is 0.341 e. The highest BCUT2D eigenvalue weighted by atomic mass is 16.5. The Morgan fingerprint density at radius 1 is 1.47 bits per heavy atom. The Balaban J connectivity index is 2.83. The SMILES string of the molecule is CCCn1cc(C(=O)O)c(=O)c2ccc(OC)nc21. The van der Waals surface area contributed by atoms with Crippen LogP contribution in [0, 0.1) is 0 Å². The molecule has 1 N–H and O–H groups in total. The van der Waals surface area contributed by atoms with Gasteiger partial charge in [0.05, 0.1) is 12.5 Å². The van der Waals surface area contributed by atoms with Crippen molar-refractivity contribution in [3.63, 3.8) is 0 Å². The standard InChI is InChI=1S/C13H14N2O4/c1-3-6-15-7-9(13(17)18)11(16)8-4-5-10(19-2)14-12(8)15/h4-5,7H,3,6H2,1-2H3,(H,17,18). The van der Waals surface area contributed by atoms with Gasteiger partial charge in [0.2, 0.25) is 11.3 Å². The Morgan fingerprint density at radius 2 is 2.21 bits per heavy atom. The third kappa shape index (κ3) is 2.29. The van der Waals surface area contributed by atoms with Crippen LogP contribution in [0.4, 0.5) is 0 Å². The Bertz CT molecular complexity index is 691. The van der Waals surface area contributed by atoms with Crippen LogP contribution in [-0.4, -0.2) is 27.7 Å². The van der Waals surface area contributed by atoms with Crippen LogP contribution in [0.2, 0.25) is 0 Å². The largest absolute Gasteiger partial charge is 0.481 e. The lowest BCUT2D eigenvalue weighted by molar-refractivity contribution is 0.0695. The van der Waals surface area contributed by atoms with E-state index in [1.54, 1.807) is 16.7 Å². The number of ether oxygens (including phenoxy) is 1. The summed E-state index contributed by atoms with van der Waals surface area (Å²) in [4.78, 5) is 27.4. The lowest BCUT2D eigenvalue weighted by Crippen LogP contribution is -2.19. The van der Waals surface area contributed by atoms with E-state index in [0.29, 0.717) is 18.1 Å². The maximum absolute atomic E-state index is 12.1. The van der Waals surface area contributed by atoms with Crippen molar-refractivity contribution >= 4 is 17.0 Å². The number of fused-ring (bicyclic) bond motifs is 1. The molecular weight excluding hydrogens is 248 g/mol. The van der Waals surface area contributed by atoms with Crippen LogP contribution >= 0.6 is 0 Å². The second-order valence-corrected chi connectivity index (χ2v) is 4.10. The van der Waals surface area contributed by atoms with E-state index in [1.807, 2.05) is 6.92 Å². The highest BCUT2D eigenvalue weighted by Crippen LogP contribution is 2.15. The number of nitrogens with zero attached hydrogens (tertiary/aromatic N) is 2. The minimum atomic E-state index is -1.23. The number of hydrogen-bond acceptors (Lipinski definition) is 4. The van der Waals surface area contributed by atoms with E-state index in [4.69, 9.17) is 9.84 Å². The van der Waals surface area contributed by atoms with Gasteiger partial charge in [0, 0.05) is 18.8 Å². The molecule has 0 unspecified atom stereocenters. The molecule has 0 amide bonds. The summed E-state index contributed by atoms with van der Waals surface area (Å²) in [5, 5.41) is 9.35. The normalized spacial score (nSPS) is 10.6. The lowest BCUT2D eigenvalue weighted by atomic mass is 10.2. The van der Waals surface area contributed by atoms with E-state index in [9.17, 15) is 9.59 Å². The Morgan fingerprint density at radius 3 is 2.79 bits per heavy atom. The molecular formula is C13H14N2O4. The summed E-state index contributed by atoms with van der Waals surface area (Å²) in [6.45, 7) is 2.54. The molecule has 0 bridgehead atoms. The van der Waals surface area contributed by atoms with Gasteiger partial charge in [0.25, 0.3) is 0 Å². The average Bonchev–Trinajstić information content (AvgIpc) is 2.41. The number of carboxylic acids is 1. The molecule has 6 heteroatoms. The number of rotatable bonds is 4. The number of carbonyl (C=O) groups is 1. The molecule has 0 saturated heterocycles. The maximum atomic E-state index is 12.1. The molecule has 2 aromatic heterocycles. The van der Waals surface area contributed by atoms with Gasteiger partial charge >= 0.3 is 5.97 Å². The van der Waals surface area contributed by atoms with Crippen LogP contribution in [0.15, 0.2) is 23.1 Å². The zero-order valence-corrected chi connectivity index (χ0v) is 10.7. The quantitative estimate of drug-likeness (QED) is 0.903. The van der Waals surface area contributed by atoms with Gasteiger partial charge in [-0.3, -0.25) is 4.79 Å². The van der Waals surface area contributed by atoms with Crippen LogP contribution in [0.5, 0.6) is 5.88 Å². The molecule has 2 heterocycles. The van der Waals surface area contributed by atoms with Crippen molar-refractivity contribution in [1.29, 1.82) is 0 Å². The number of aromatic carboxylic acids is 1. The van der Waals surface area contributed by atoms with Crippen LogP contribution < -0.4 is 10.2 Å². The number of aromatic nitrogens is 2. The second kappa shape index (κ2) is 5.09. The number of carboxylic acid groups (broad SMARTS) is 1. The van der Waals surface area contributed by atoms with E-state index < -0.39 is 11.4 Å². The van der Waals surface area contributed by atoms with Gasteiger partial charge in [-0.1, -0.05) is 6.92 Å². The van der Waals surface area contributed by atoms with E-state index in [-0.39, 0.29) is 10.9 Å². The van der Waals surface area contributed by atoms with Gasteiger partial charge in [-0.05, 0) is 12.5 Å². The lowest BCUT2D eigenvalue weighted by Gasteiger charge is -2.11. The zero-order chi connectivity index (χ0) is 14.0. The Labute approximate surface area is 109 Å². The fourth-order valence-corrected chi connectivity index (χ4v) is 1.93. The minimum Gasteiger partial charge on any atom is -0.481 e. The maximum Gasteiger partial charge on any atom is 0.341 e. The predicted octanol–water partition coefficient (Wildman–Crippen LogP) is 1.51. The van der Waals surface area contributed by atoms with Crippen molar-refractivity contribution < 1.29 is 14.6 Å². The van der Waals surface area contributed by atoms with Gasteiger partial charge in [-0.2, -0.15) is 4.98 Å². The van der Waals surface area contributed by atoms with E-state index in [1.165, 1.54) is 13.3 Å². The topological polar surface area (TPSA) is 81.4 Å². The molecule has 6 nitrogen and oxygen atoms in total. The first-order chi connectivity index (χ1) is 9.08. The molecule has 0 radical (unpaired) electrons. The molecule has 0 spiro atoms. The average molecular weight is 262 g/mol. The summed E-state index contributed by atoms with van der Waals surface area (Å²) in [6.07, 6.45) is 2.14. The molecule has 100 valence electrons. The first-order valence-electron chi connectivity index (χ1n) is 5.90. The van der Waals surface area contributed by atoms with E-state index in [2.05, 4.69) is 4.98 Å². The summed E-state index contributed by atoms with van der Waals surface area (Å²) in [6, 6.07) is 3.09. The monoisotopic (exact) mass is 262 g/mol. The van der Waals surface area contributed by atoms with Crippen molar-refractivity contribution in [3.05, 3.63) is 34.1 Å². The Kier molecular flexibility index (Phi) is 3.50. The molecule has 19 heavy (non-hydrogen) atoms. The van der Waals surface area contributed by atoms with Gasteiger partial charge < -0.3 is 14.4 Å². The molecule has 0 atom stereocenters. The highest BCUT2D eigenvalue weighted by Gasteiger charge is 2.15. The zero-order valence-electron chi connectivity index (χ0n) is 10.7. The van der Waals surface area contributed by atoms with Crippen molar-refractivity contribution in [3.8, 4) is 5.88 Å². The molecule has 2 aromatic rings. The van der Waals surface area contributed by atoms with Gasteiger partial charge in [-0.25, -0.2) is 4.79 Å². The predicted molar refractivity (Wildman–Crippen MR) is 69.8 cm³/mol. The van der Waals surface area contributed by atoms with E-state index in [0.717, 1.165) is 6.42 Å². The number of pyridine rings is 2. The summed E-state index contributed by atoms with van der Waals surface area (Å²) >= 11 is 0. The van der Waals surface area contributed by atoms with Crippen molar-refractivity contribution in [2.24, 2.45) is 0 Å². The fourth-order valence-electron chi connectivity index (χ4n) is 1.93. The third-order valence-electron chi connectivity index (χ3n) is 2.80. The third-order valence-corrected chi connectivity index (χ3v) is 2.80. The number of aryl methyl sites for hydroxylation is 1. The fraction of sp³-hybridized carbons (Fsp3) is 0.308. The molecule has 2 rings (SSSR count).